The Hall–Kier alpha value is -2.81. The van der Waals surface area contributed by atoms with E-state index in [2.05, 4.69) is 11.6 Å². The highest BCUT2D eigenvalue weighted by Gasteiger charge is 2.20. The summed E-state index contributed by atoms with van der Waals surface area (Å²) in [6.07, 6.45) is 3.14. The molecule has 0 bridgehead atoms. The zero-order valence-electron chi connectivity index (χ0n) is 12.6. The molecule has 3 heteroatoms. The zero-order valence-corrected chi connectivity index (χ0v) is 12.6. The lowest BCUT2D eigenvalue weighted by Gasteiger charge is -2.15. The highest BCUT2D eigenvalue weighted by Crippen LogP contribution is 2.31. The third kappa shape index (κ3) is 3.34. The Balaban J connectivity index is 1.91. The quantitative estimate of drug-likeness (QED) is 0.616. The molecule has 0 spiro atoms. The maximum Gasteiger partial charge on any atom is 0.165 e. The van der Waals surface area contributed by atoms with Gasteiger partial charge in [0.2, 0.25) is 0 Å². The van der Waals surface area contributed by atoms with Gasteiger partial charge in [-0.05, 0) is 28.5 Å². The summed E-state index contributed by atoms with van der Waals surface area (Å²) < 4.78 is 14.0. The molecular formula is C20H16FNO. The lowest BCUT2D eigenvalue weighted by atomic mass is 9.90. The van der Waals surface area contributed by atoms with E-state index >= 15 is 0 Å². The molecule has 0 saturated heterocycles. The minimum atomic E-state index is -0.646. The number of pyridine rings is 1. The van der Waals surface area contributed by atoms with E-state index < -0.39 is 11.7 Å². The fraction of sp³-hybridized carbons (Fsp3) is 0.100. The van der Waals surface area contributed by atoms with Crippen LogP contribution >= 0.6 is 0 Å². The largest absolute Gasteiger partial charge is 0.294 e. The van der Waals surface area contributed by atoms with Crippen LogP contribution in [0.15, 0.2) is 79.4 Å². The number of benzene rings is 2. The third-order valence-electron chi connectivity index (χ3n) is 3.93. The number of carbonyl (C=O) groups excluding carboxylic acids is 1. The van der Waals surface area contributed by atoms with Gasteiger partial charge in [0, 0.05) is 30.3 Å². The number of hydrogen-bond donors (Lipinski definition) is 0. The molecule has 2 aromatic carbocycles. The number of nitrogens with zero attached hydrogens (tertiary/aromatic N) is 1. The maximum absolute atomic E-state index is 14.0. The minimum Gasteiger partial charge on any atom is -0.294 e. The summed E-state index contributed by atoms with van der Waals surface area (Å²) in [4.78, 5) is 16.3. The lowest BCUT2D eigenvalue weighted by Crippen LogP contribution is -2.08. The molecule has 0 radical (unpaired) electrons. The molecule has 0 aliphatic rings. The molecule has 1 unspecified atom stereocenters. The van der Waals surface area contributed by atoms with Crippen molar-refractivity contribution in [2.45, 2.75) is 12.3 Å². The molecule has 23 heavy (non-hydrogen) atoms. The molecule has 0 fully saturated rings. The molecule has 1 heterocycles. The van der Waals surface area contributed by atoms with Crippen molar-refractivity contribution in [3.05, 3.63) is 90.5 Å². The predicted molar refractivity (Wildman–Crippen MR) is 90.1 cm³/mol. The number of rotatable bonds is 5. The fourth-order valence-electron chi connectivity index (χ4n) is 2.66. The molecule has 114 valence electrons. The van der Waals surface area contributed by atoms with Crippen LogP contribution in [0.5, 0.6) is 0 Å². The van der Waals surface area contributed by atoms with Gasteiger partial charge in [0.1, 0.15) is 5.83 Å². The summed E-state index contributed by atoms with van der Waals surface area (Å²) >= 11 is 0. The Morgan fingerprint density at radius 3 is 2.57 bits per heavy atom. The average molecular weight is 305 g/mol. The normalized spacial score (nSPS) is 12.0. The maximum atomic E-state index is 14.0. The van der Waals surface area contributed by atoms with E-state index in [1.165, 1.54) is 6.20 Å². The Morgan fingerprint density at radius 2 is 1.87 bits per heavy atom. The van der Waals surface area contributed by atoms with Gasteiger partial charge in [0.15, 0.2) is 5.78 Å². The van der Waals surface area contributed by atoms with Gasteiger partial charge in [-0.1, -0.05) is 49.0 Å². The van der Waals surface area contributed by atoms with E-state index in [0.29, 0.717) is 5.56 Å². The summed E-state index contributed by atoms with van der Waals surface area (Å²) in [5, 5.41) is 2.10. The Labute approximate surface area is 134 Å². The van der Waals surface area contributed by atoms with Crippen LogP contribution in [0.4, 0.5) is 4.39 Å². The molecule has 0 N–H and O–H groups in total. The van der Waals surface area contributed by atoms with Crippen LogP contribution in [0.3, 0.4) is 0 Å². The van der Waals surface area contributed by atoms with Crippen LogP contribution in [0.1, 0.15) is 28.3 Å². The fourth-order valence-corrected chi connectivity index (χ4v) is 2.66. The summed E-state index contributed by atoms with van der Waals surface area (Å²) in [7, 11) is 0. The monoisotopic (exact) mass is 305 g/mol. The predicted octanol–water partition coefficient (Wildman–Crippen LogP) is 5.07. The molecule has 0 amide bonds. The first-order chi connectivity index (χ1) is 11.1. The van der Waals surface area contributed by atoms with E-state index in [1.807, 2.05) is 42.5 Å². The van der Waals surface area contributed by atoms with Crippen LogP contribution < -0.4 is 0 Å². The number of fused-ring (bicyclic) bond motifs is 1. The van der Waals surface area contributed by atoms with E-state index in [4.69, 9.17) is 0 Å². The molecule has 3 rings (SSSR count). The molecule has 0 aliphatic carbocycles. The topological polar surface area (TPSA) is 30.0 Å². The van der Waals surface area contributed by atoms with Crippen molar-refractivity contribution in [1.29, 1.82) is 0 Å². The molecule has 1 atom stereocenters. The van der Waals surface area contributed by atoms with Gasteiger partial charge in [0.25, 0.3) is 0 Å². The third-order valence-corrected chi connectivity index (χ3v) is 3.93. The molecule has 0 aliphatic heterocycles. The van der Waals surface area contributed by atoms with Gasteiger partial charge in [0.05, 0.1) is 0 Å². The number of ketones is 1. The molecule has 1 aromatic heterocycles. The van der Waals surface area contributed by atoms with Gasteiger partial charge in [-0.3, -0.25) is 9.78 Å². The summed E-state index contributed by atoms with van der Waals surface area (Å²) in [6.45, 7) is 3.42. The van der Waals surface area contributed by atoms with Crippen molar-refractivity contribution in [1.82, 2.24) is 4.98 Å². The molecule has 0 saturated carbocycles. The van der Waals surface area contributed by atoms with Gasteiger partial charge < -0.3 is 0 Å². The summed E-state index contributed by atoms with van der Waals surface area (Å²) in [5.41, 5.74) is 1.24. The standard InChI is InChI=1S/C20H16FNO/c1-14(21)19(12-20(23)18-7-4-10-22-13-18)17-9-8-15-5-2-3-6-16(15)11-17/h2-11,13,19H,1,12H2. The summed E-state index contributed by atoms with van der Waals surface area (Å²) in [6, 6.07) is 17.0. The average Bonchev–Trinajstić information content (AvgIpc) is 2.59. The number of carbonyl (C=O) groups is 1. The number of allylic oxidation sites excluding steroid dienone is 1. The van der Waals surface area contributed by atoms with Crippen LogP contribution in [-0.4, -0.2) is 10.8 Å². The van der Waals surface area contributed by atoms with Crippen LogP contribution in [0.2, 0.25) is 0 Å². The number of halogens is 1. The van der Waals surface area contributed by atoms with Crippen LogP contribution in [0, 0.1) is 0 Å². The molecule has 3 aromatic rings. The zero-order chi connectivity index (χ0) is 16.2. The number of aromatic nitrogens is 1. The van der Waals surface area contributed by atoms with Crippen molar-refractivity contribution in [2.24, 2.45) is 0 Å². The van der Waals surface area contributed by atoms with Crippen LogP contribution in [-0.2, 0) is 0 Å². The first-order valence-corrected chi connectivity index (χ1v) is 7.41. The molecule has 2 nitrogen and oxygen atoms in total. The second-order valence-corrected chi connectivity index (χ2v) is 5.48. The van der Waals surface area contributed by atoms with Gasteiger partial charge in [-0.25, -0.2) is 4.39 Å². The summed E-state index contributed by atoms with van der Waals surface area (Å²) in [5.74, 6) is -1.29. The second kappa shape index (κ2) is 6.53. The number of hydrogen-bond acceptors (Lipinski definition) is 2. The van der Waals surface area contributed by atoms with Gasteiger partial charge >= 0.3 is 0 Å². The minimum absolute atomic E-state index is 0.0410. The Kier molecular flexibility index (Phi) is 4.29. The van der Waals surface area contributed by atoms with Gasteiger partial charge in [-0.2, -0.15) is 0 Å². The first kappa shape index (κ1) is 15.1. The smallest absolute Gasteiger partial charge is 0.165 e. The van der Waals surface area contributed by atoms with Crippen molar-refractivity contribution in [2.75, 3.05) is 0 Å². The van der Waals surface area contributed by atoms with Crippen LogP contribution in [0.25, 0.3) is 10.8 Å². The van der Waals surface area contributed by atoms with E-state index in [-0.39, 0.29) is 12.2 Å². The van der Waals surface area contributed by atoms with Crippen molar-refractivity contribution in [3.63, 3.8) is 0 Å². The highest BCUT2D eigenvalue weighted by atomic mass is 19.1. The van der Waals surface area contributed by atoms with Crippen molar-refractivity contribution in [3.8, 4) is 0 Å². The van der Waals surface area contributed by atoms with Crippen molar-refractivity contribution >= 4 is 16.6 Å². The molecular weight excluding hydrogens is 289 g/mol. The number of Topliss-reactive ketones (excluding diaryl/α,β-unsaturated/α-hetero) is 1. The van der Waals surface area contributed by atoms with E-state index in [1.54, 1.807) is 18.3 Å². The second-order valence-electron chi connectivity index (χ2n) is 5.48. The Bertz CT molecular complexity index is 858. The SMILES string of the molecule is C=C(F)C(CC(=O)c1cccnc1)c1ccc2ccccc2c1. The lowest BCUT2D eigenvalue weighted by molar-refractivity contribution is 0.0974. The van der Waals surface area contributed by atoms with E-state index in [0.717, 1.165) is 16.3 Å². The van der Waals surface area contributed by atoms with E-state index in [9.17, 15) is 9.18 Å². The highest BCUT2D eigenvalue weighted by molar-refractivity contribution is 5.96. The van der Waals surface area contributed by atoms with Crippen molar-refractivity contribution < 1.29 is 9.18 Å². The van der Waals surface area contributed by atoms with Gasteiger partial charge in [-0.15, -0.1) is 0 Å². The first-order valence-electron chi connectivity index (χ1n) is 7.41. The Morgan fingerprint density at radius 1 is 1.09 bits per heavy atom.